The van der Waals surface area contributed by atoms with Crippen LogP contribution in [-0.4, -0.2) is 60.0 Å². The van der Waals surface area contributed by atoms with Crippen LogP contribution in [0.15, 0.2) is 52.9 Å². The van der Waals surface area contributed by atoms with Crippen LogP contribution in [0.2, 0.25) is 0 Å². The van der Waals surface area contributed by atoms with E-state index in [9.17, 15) is 4.79 Å². The lowest BCUT2D eigenvalue weighted by molar-refractivity contribution is 0.0620. The molecule has 1 fully saturated rings. The zero-order valence-electron chi connectivity index (χ0n) is 17.0. The molecule has 1 aliphatic heterocycles. The summed E-state index contributed by atoms with van der Waals surface area (Å²) in [5, 5.41) is 0. The van der Waals surface area contributed by atoms with E-state index in [-0.39, 0.29) is 11.8 Å². The molecular weight excluding hydrogens is 366 g/mol. The first kappa shape index (κ1) is 19.5. The van der Waals surface area contributed by atoms with Gasteiger partial charge in [0.25, 0.3) is 5.91 Å². The number of fused-ring (bicyclic) bond motifs is 1. The minimum absolute atomic E-state index is 0.0567. The SMILES string of the molecule is CC(C)c1nc2cc(C(=O)N3CCN(CCOc4ccccc4)CC3)ccc2o1. The lowest BCUT2D eigenvalue weighted by Crippen LogP contribution is -2.49. The monoisotopic (exact) mass is 393 g/mol. The molecule has 0 atom stereocenters. The Hall–Kier alpha value is -2.86. The van der Waals surface area contributed by atoms with E-state index in [2.05, 4.69) is 9.88 Å². The number of hydrogen-bond acceptors (Lipinski definition) is 5. The van der Waals surface area contributed by atoms with E-state index in [1.54, 1.807) is 0 Å². The van der Waals surface area contributed by atoms with Crippen LogP contribution in [0, 0.1) is 0 Å². The topological polar surface area (TPSA) is 58.8 Å². The number of carbonyl (C=O) groups excluding carboxylic acids is 1. The normalized spacial score (nSPS) is 15.2. The predicted molar refractivity (Wildman–Crippen MR) is 112 cm³/mol. The number of aromatic nitrogens is 1. The van der Waals surface area contributed by atoms with Gasteiger partial charge in [-0.2, -0.15) is 0 Å². The molecule has 1 aliphatic rings. The van der Waals surface area contributed by atoms with Crippen molar-refractivity contribution in [1.29, 1.82) is 0 Å². The summed E-state index contributed by atoms with van der Waals surface area (Å²) < 4.78 is 11.5. The molecule has 0 bridgehead atoms. The van der Waals surface area contributed by atoms with Crippen LogP contribution in [0.25, 0.3) is 11.1 Å². The van der Waals surface area contributed by atoms with Gasteiger partial charge in [0.1, 0.15) is 17.9 Å². The number of amides is 1. The van der Waals surface area contributed by atoms with E-state index in [0.717, 1.165) is 49.6 Å². The Morgan fingerprint density at radius 1 is 1.10 bits per heavy atom. The van der Waals surface area contributed by atoms with Crippen LogP contribution in [0.4, 0.5) is 0 Å². The molecule has 3 aromatic rings. The van der Waals surface area contributed by atoms with E-state index in [4.69, 9.17) is 9.15 Å². The molecule has 0 aliphatic carbocycles. The summed E-state index contributed by atoms with van der Waals surface area (Å²) in [5.74, 6) is 1.88. The van der Waals surface area contributed by atoms with Crippen molar-refractivity contribution in [3.63, 3.8) is 0 Å². The predicted octanol–water partition coefficient (Wildman–Crippen LogP) is 3.79. The molecule has 4 rings (SSSR count). The van der Waals surface area contributed by atoms with Crippen LogP contribution in [-0.2, 0) is 0 Å². The molecule has 6 heteroatoms. The van der Waals surface area contributed by atoms with Crippen LogP contribution in [0.3, 0.4) is 0 Å². The molecule has 1 aromatic heterocycles. The van der Waals surface area contributed by atoms with Gasteiger partial charge in [-0.1, -0.05) is 32.0 Å². The smallest absolute Gasteiger partial charge is 0.254 e. The second-order valence-electron chi connectivity index (χ2n) is 7.68. The Balaban J connectivity index is 1.30. The van der Waals surface area contributed by atoms with E-state index >= 15 is 0 Å². The van der Waals surface area contributed by atoms with E-state index in [1.807, 2.05) is 67.3 Å². The Bertz CT molecular complexity index is 960. The molecule has 0 saturated carbocycles. The summed E-state index contributed by atoms with van der Waals surface area (Å²) in [6.07, 6.45) is 0. The summed E-state index contributed by atoms with van der Waals surface area (Å²) >= 11 is 0. The Morgan fingerprint density at radius 3 is 2.59 bits per heavy atom. The largest absolute Gasteiger partial charge is 0.492 e. The number of nitrogens with zero attached hydrogens (tertiary/aromatic N) is 3. The third kappa shape index (κ3) is 4.59. The standard InChI is InChI=1S/C23H27N3O3/c1-17(2)22-24-20-16-18(8-9-21(20)29-22)23(27)26-12-10-25(11-13-26)14-15-28-19-6-4-3-5-7-19/h3-9,16-17H,10-15H2,1-2H3. The van der Waals surface area contributed by atoms with Gasteiger partial charge in [0.15, 0.2) is 11.5 Å². The number of ether oxygens (including phenoxy) is 1. The summed E-state index contributed by atoms with van der Waals surface area (Å²) in [7, 11) is 0. The molecule has 2 heterocycles. The quantitative estimate of drug-likeness (QED) is 0.638. The molecule has 2 aromatic carbocycles. The molecule has 0 radical (unpaired) electrons. The molecule has 0 N–H and O–H groups in total. The second-order valence-corrected chi connectivity index (χ2v) is 7.68. The van der Waals surface area contributed by atoms with Gasteiger partial charge < -0.3 is 14.1 Å². The highest BCUT2D eigenvalue weighted by molar-refractivity contribution is 5.97. The average Bonchev–Trinajstić information content (AvgIpc) is 3.18. The highest BCUT2D eigenvalue weighted by Gasteiger charge is 2.23. The first-order valence-corrected chi connectivity index (χ1v) is 10.2. The molecule has 1 saturated heterocycles. The summed E-state index contributed by atoms with van der Waals surface area (Å²) in [6.45, 7) is 8.75. The van der Waals surface area contributed by atoms with Gasteiger partial charge in [-0.25, -0.2) is 4.98 Å². The number of oxazole rings is 1. The average molecular weight is 393 g/mol. The van der Waals surface area contributed by atoms with Crippen LogP contribution in [0.5, 0.6) is 5.75 Å². The van der Waals surface area contributed by atoms with Gasteiger partial charge >= 0.3 is 0 Å². The van der Waals surface area contributed by atoms with Crippen molar-refractivity contribution in [3.8, 4) is 5.75 Å². The van der Waals surface area contributed by atoms with Crippen molar-refractivity contribution in [2.24, 2.45) is 0 Å². The maximum Gasteiger partial charge on any atom is 0.254 e. The van der Waals surface area contributed by atoms with Gasteiger partial charge in [0.05, 0.1) is 0 Å². The third-order valence-corrected chi connectivity index (χ3v) is 5.22. The van der Waals surface area contributed by atoms with Crippen molar-refractivity contribution in [2.75, 3.05) is 39.3 Å². The summed E-state index contributed by atoms with van der Waals surface area (Å²) in [5.41, 5.74) is 2.15. The van der Waals surface area contributed by atoms with Crippen LogP contribution < -0.4 is 4.74 Å². The molecule has 0 spiro atoms. The van der Waals surface area contributed by atoms with Gasteiger partial charge in [0, 0.05) is 44.2 Å². The van der Waals surface area contributed by atoms with Crippen molar-refractivity contribution < 1.29 is 13.9 Å². The highest BCUT2D eigenvalue weighted by atomic mass is 16.5. The number of para-hydroxylation sites is 1. The molecular formula is C23H27N3O3. The van der Waals surface area contributed by atoms with Gasteiger partial charge in [-0.3, -0.25) is 9.69 Å². The minimum Gasteiger partial charge on any atom is -0.492 e. The molecule has 6 nitrogen and oxygen atoms in total. The lowest BCUT2D eigenvalue weighted by atomic mass is 10.1. The fraction of sp³-hybridized carbons (Fsp3) is 0.391. The van der Waals surface area contributed by atoms with Gasteiger partial charge in [-0.15, -0.1) is 0 Å². The Labute approximate surface area is 171 Å². The van der Waals surface area contributed by atoms with Gasteiger partial charge in [0.2, 0.25) is 0 Å². The number of hydrogen-bond donors (Lipinski definition) is 0. The maximum absolute atomic E-state index is 12.9. The van der Waals surface area contributed by atoms with Crippen molar-refractivity contribution in [2.45, 2.75) is 19.8 Å². The second kappa shape index (κ2) is 8.66. The third-order valence-electron chi connectivity index (χ3n) is 5.22. The van der Waals surface area contributed by atoms with E-state index in [1.165, 1.54) is 0 Å². The lowest BCUT2D eigenvalue weighted by Gasteiger charge is -2.34. The molecule has 152 valence electrons. The highest BCUT2D eigenvalue weighted by Crippen LogP contribution is 2.22. The molecule has 0 unspecified atom stereocenters. The van der Waals surface area contributed by atoms with Gasteiger partial charge in [-0.05, 0) is 30.3 Å². The maximum atomic E-state index is 12.9. The first-order valence-electron chi connectivity index (χ1n) is 10.2. The van der Waals surface area contributed by atoms with Crippen LogP contribution >= 0.6 is 0 Å². The molecule has 29 heavy (non-hydrogen) atoms. The number of benzene rings is 2. The number of carbonyl (C=O) groups is 1. The van der Waals surface area contributed by atoms with E-state index in [0.29, 0.717) is 18.1 Å². The van der Waals surface area contributed by atoms with Crippen molar-refractivity contribution >= 4 is 17.0 Å². The summed E-state index contributed by atoms with van der Waals surface area (Å²) in [6, 6.07) is 15.4. The Kier molecular flexibility index (Phi) is 5.81. The number of piperazine rings is 1. The van der Waals surface area contributed by atoms with Crippen molar-refractivity contribution in [3.05, 3.63) is 60.0 Å². The van der Waals surface area contributed by atoms with Crippen LogP contribution in [0.1, 0.15) is 36.0 Å². The zero-order chi connectivity index (χ0) is 20.2. The Morgan fingerprint density at radius 2 is 1.86 bits per heavy atom. The fourth-order valence-electron chi connectivity index (χ4n) is 3.49. The fourth-order valence-corrected chi connectivity index (χ4v) is 3.49. The van der Waals surface area contributed by atoms with Crippen molar-refractivity contribution in [1.82, 2.24) is 14.8 Å². The zero-order valence-corrected chi connectivity index (χ0v) is 17.0. The first-order chi connectivity index (χ1) is 14.1. The minimum atomic E-state index is 0.0567. The summed E-state index contributed by atoms with van der Waals surface area (Å²) in [4.78, 5) is 21.7. The molecule has 1 amide bonds. The number of rotatable bonds is 6. The van der Waals surface area contributed by atoms with E-state index < -0.39 is 0 Å².